The van der Waals surface area contributed by atoms with Crippen molar-refractivity contribution in [3.05, 3.63) is 48.0 Å². The summed E-state index contributed by atoms with van der Waals surface area (Å²) in [4.78, 5) is 4.25. The number of benzene rings is 2. The van der Waals surface area contributed by atoms with E-state index in [1.54, 1.807) is 14.2 Å². The molecule has 0 saturated carbocycles. The largest absolute Gasteiger partial charge is 0.382 e. The Morgan fingerprint density at radius 3 is 2.62 bits per heavy atom. The van der Waals surface area contributed by atoms with Gasteiger partial charge in [-0.2, -0.15) is 0 Å². The predicted octanol–water partition coefficient (Wildman–Crippen LogP) is 2.56. The number of ether oxygens (including phenoxy) is 2. The maximum atomic E-state index is 5.43. The molecule has 0 heterocycles. The van der Waals surface area contributed by atoms with Gasteiger partial charge in [-0.15, -0.1) is 0 Å². The van der Waals surface area contributed by atoms with Crippen LogP contribution in [-0.2, 0) is 16.0 Å². The summed E-state index contributed by atoms with van der Waals surface area (Å²) in [6, 6.07) is 14.9. The first kappa shape index (κ1) is 18.2. The Morgan fingerprint density at radius 2 is 1.83 bits per heavy atom. The minimum atomic E-state index is 0.641. The van der Waals surface area contributed by atoms with Crippen molar-refractivity contribution in [2.75, 3.05) is 40.5 Å². The van der Waals surface area contributed by atoms with Gasteiger partial charge < -0.3 is 20.1 Å². The van der Waals surface area contributed by atoms with Crippen molar-refractivity contribution < 1.29 is 9.47 Å². The van der Waals surface area contributed by atoms with Crippen LogP contribution >= 0.6 is 0 Å². The molecule has 24 heavy (non-hydrogen) atoms. The van der Waals surface area contributed by atoms with Gasteiger partial charge in [-0.1, -0.05) is 36.4 Å². The normalized spacial score (nSPS) is 11.7. The molecule has 130 valence electrons. The van der Waals surface area contributed by atoms with Crippen LogP contribution in [0, 0.1) is 0 Å². The Balaban J connectivity index is 1.70. The van der Waals surface area contributed by atoms with E-state index in [1.807, 2.05) is 0 Å². The van der Waals surface area contributed by atoms with Gasteiger partial charge in [-0.05, 0) is 28.8 Å². The molecule has 5 heteroatoms. The molecule has 0 radical (unpaired) electrons. The van der Waals surface area contributed by atoms with Crippen LogP contribution < -0.4 is 10.6 Å². The summed E-state index contributed by atoms with van der Waals surface area (Å²) in [5.74, 6) is 0.806. The molecule has 0 amide bonds. The number of guanidine groups is 1. The van der Waals surface area contributed by atoms with Crippen LogP contribution in [0.25, 0.3) is 10.8 Å². The molecule has 0 unspecified atom stereocenters. The number of methoxy groups -OCH3 is 1. The quantitative estimate of drug-likeness (QED) is 0.422. The van der Waals surface area contributed by atoms with E-state index in [2.05, 4.69) is 58.1 Å². The molecule has 0 aliphatic rings. The third-order valence-corrected chi connectivity index (χ3v) is 3.69. The monoisotopic (exact) mass is 329 g/mol. The standard InChI is InChI=1S/C19H27N3O2/c1-20-19(21-10-5-11-24-13-12-23-2)22-15-16-8-9-17-6-3-4-7-18(17)14-16/h3-4,6-9,14H,5,10-13,15H2,1-2H3,(H2,20,21,22). The molecule has 2 aromatic carbocycles. The van der Waals surface area contributed by atoms with Crippen LogP contribution in [0.4, 0.5) is 0 Å². The zero-order chi connectivity index (χ0) is 17.0. The van der Waals surface area contributed by atoms with E-state index in [0.717, 1.165) is 32.1 Å². The number of fused-ring (bicyclic) bond motifs is 1. The van der Waals surface area contributed by atoms with Crippen molar-refractivity contribution in [1.29, 1.82) is 0 Å². The fraction of sp³-hybridized carbons (Fsp3) is 0.421. The van der Waals surface area contributed by atoms with Gasteiger partial charge in [0.25, 0.3) is 0 Å². The lowest BCUT2D eigenvalue weighted by molar-refractivity contribution is 0.0698. The summed E-state index contributed by atoms with van der Waals surface area (Å²) < 4.78 is 10.4. The van der Waals surface area contributed by atoms with Gasteiger partial charge in [-0.3, -0.25) is 4.99 Å². The topological polar surface area (TPSA) is 54.9 Å². The van der Waals surface area contributed by atoms with Crippen molar-refractivity contribution in [1.82, 2.24) is 10.6 Å². The van der Waals surface area contributed by atoms with Crippen molar-refractivity contribution in [3.8, 4) is 0 Å². The second-order valence-electron chi connectivity index (χ2n) is 5.49. The van der Waals surface area contributed by atoms with E-state index in [4.69, 9.17) is 9.47 Å². The van der Waals surface area contributed by atoms with Gasteiger partial charge in [0.1, 0.15) is 0 Å². The SMILES string of the molecule is CN=C(NCCCOCCOC)NCc1ccc2ccccc2c1. The highest BCUT2D eigenvalue weighted by Crippen LogP contribution is 2.15. The van der Waals surface area contributed by atoms with Gasteiger partial charge in [0, 0.05) is 33.9 Å². The minimum absolute atomic E-state index is 0.641. The highest BCUT2D eigenvalue weighted by molar-refractivity contribution is 5.83. The lowest BCUT2D eigenvalue weighted by Crippen LogP contribution is -2.37. The summed E-state index contributed by atoms with van der Waals surface area (Å²) in [5, 5.41) is 9.15. The summed E-state index contributed by atoms with van der Waals surface area (Å²) in [6.07, 6.45) is 0.931. The fourth-order valence-corrected chi connectivity index (χ4v) is 2.38. The Hall–Kier alpha value is -2.11. The van der Waals surface area contributed by atoms with E-state index in [1.165, 1.54) is 16.3 Å². The number of hydrogen-bond donors (Lipinski definition) is 2. The van der Waals surface area contributed by atoms with Crippen molar-refractivity contribution in [2.45, 2.75) is 13.0 Å². The van der Waals surface area contributed by atoms with E-state index in [0.29, 0.717) is 13.2 Å². The Kier molecular flexibility index (Phi) is 8.07. The Bertz CT molecular complexity index is 643. The van der Waals surface area contributed by atoms with Crippen LogP contribution in [0.2, 0.25) is 0 Å². The van der Waals surface area contributed by atoms with Gasteiger partial charge in [0.05, 0.1) is 13.2 Å². The predicted molar refractivity (Wildman–Crippen MR) is 99.5 cm³/mol. The van der Waals surface area contributed by atoms with Gasteiger partial charge in [0.15, 0.2) is 5.96 Å². The van der Waals surface area contributed by atoms with Crippen LogP contribution in [0.15, 0.2) is 47.5 Å². The molecule has 2 aromatic rings. The van der Waals surface area contributed by atoms with Crippen molar-refractivity contribution in [2.24, 2.45) is 4.99 Å². The van der Waals surface area contributed by atoms with E-state index >= 15 is 0 Å². The van der Waals surface area contributed by atoms with Gasteiger partial charge in [-0.25, -0.2) is 0 Å². The summed E-state index contributed by atoms with van der Waals surface area (Å²) >= 11 is 0. The molecule has 0 spiro atoms. The van der Waals surface area contributed by atoms with E-state index < -0.39 is 0 Å². The van der Waals surface area contributed by atoms with Gasteiger partial charge >= 0.3 is 0 Å². The molecular formula is C19H27N3O2. The van der Waals surface area contributed by atoms with E-state index in [9.17, 15) is 0 Å². The fourth-order valence-electron chi connectivity index (χ4n) is 2.38. The molecule has 5 nitrogen and oxygen atoms in total. The first-order valence-corrected chi connectivity index (χ1v) is 8.32. The third-order valence-electron chi connectivity index (χ3n) is 3.69. The zero-order valence-electron chi connectivity index (χ0n) is 14.5. The third kappa shape index (κ3) is 6.18. The second-order valence-corrected chi connectivity index (χ2v) is 5.49. The number of nitrogens with zero attached hydrogens (tertiary/aromatic N) is 1. The van der Waals surface area contributed by atoms with Crippen molar-refractivity contribution >= 4 is 16.7 Å². The average molecular weight is 329 g/mol. The highest BCUT2D eigenvalue weighted by atomic mass is 16.5. The van der Waals surface area contributed by atoms with E-state index in [-0.39, 0.29) is 0 Å². The lowest BCUT2D eigenvalue weighted by Gasteiger charge is -2.12. The van der Waals surface area contributed by atoms with Crippen molar-refractivity contribution in [3.63, 3.8) is 0 Å². The minimum Gasteiger partial charge on any atom is -0.382 e. The molecular weight excluding hydrogens is 302 g/mol. The highest BCUT2D eigenvalue weighted by Gasteiger charge is 2.00. The number of nitrogens with one attached hydrogen (secondary N) is 2. The molecule has 0 aliphatic heterocycles. The molecule has 0 atom stereocenters. The number of aliphatic imine (C=N–C) groups is 1. The molecule has 0 fully saturated rings. The molecule has 0 aromatic heterocycles. The first-order valence-electron chi connectivity index (χ1n) is 8.32. The Labute approximate surface area is 144 Å². The Morgan fingerprint density at radius 1 is 1.00 bits per heavy atom. The summed E-state index contributed by atoms with van der Waals surface area (Å²) in [5.41, 5.74) is 1.24. The molecule has 2 rings (SSSR count). The van der Waals surface area contributed by atoms with Crippen LogP contribution in [0.5, 0.6) is 0 Å². The molecule has 0 saturated heterocycles. The van der Waals surface area contributed by atoms with Gasteiger partial charge in [0.2, 0.25) is 0 Å². The molecule has 2 N–H and O–H groups in total. The van der Waals surface area contributed by atoms with Crippen LogP contribution in [-0.4, -0.2) is 46.5 Å². The summed E-state index contributed by atoms with van der Waals surface area (Å²) in [6.45, 7) is 3.57. The number of rotatable bonds is 9. The maximum Gasteiger partial charge on any atom is 0.191 e. The second kappa shape index (κ2) is 10.6. The first-order chi connectivity index (χ1) is 11.8. The number of hydrogen-bond acceptors (Lipinski definition) is 3. The maximum absolute atomic E-state index is 5.43. The molecule has 0 bridgehead atoms. The average Bonchev–Trinajstić information content (AvgIpc) is 2.63. The smallest absolute Gasteiger partial charge is 0.191 e. The summed E-state index contributed by atoms with van der Waals surface area (Å²) in [7, 11) is 3.46. The lowest BCUT2D eigenvalue weighted by atomic mass is 10.1. The molecule has 0 aliphatic carbocycles. The zero-order valence-corrected chi connectivity index (χ0v) is 14.5. The van der Waals surface area contributed by atoms with Crippen LogP contribution in [0.3, 0.4) is 0 Å². The van der Waals surface area contributed by atoms with Crippen LogP contribution in [0.1, 0.15) is 12.0 Å².